The van der Waals surface area contributed by atoms with Crippen molar-refractivity contribution in [3.8, 4) is 0 Å². The van der Waals surface area contributed by atoms with Crippen LogP contribution in [-0.4, -0.2) is 16.1 Å². The normalized spacial score (nSPS) is 17.7. The Labute approximate surface area is 179 Å². The van der Waals surface area contributed by atoms with Crippen LogP contribution in [0.1, 0.15) is 78.3 Å². The molecule has 0 saturated carbocycles. The minimum Gasteiger partial charge on any atom is -0.296 e. The van der Waals surface area contributed by atoms with Crippen LogP contribution in [0.4, 0.5) is 0 Å². The number of nitrogens with zero attached hydrogens (tertiary/aromatic N) is 2. The maximum Gasteiger partial charge on any atom is 0.170 e. The highest BCUT2D eigenvalue weighted by Gasteiger charge is 2.27. The van der Waals surface area contributed by atoms with E-state index in [4.69, 9.17) is 16.7 Å². The van der Waals surface area contributed by atoms with Gasteiger partial charge < -0.3 is 0 Å². The second kappa shape index (κ2) is 10.1. The number of hydrogen-bond acceptors (Lipinski definition) is 2. The van der Waals surface area contributed by atoms with Gasteiger partial charge in [-0.05, 0) is 57.6 Å². The topological polar surface area (TPSA) is 34.9 Å². The molecule has 4 heteroatoms. The third kappa shape index (κ3) is 5.48. The molecule has 1 atom stereocenters. The summed E-state index contributed by atoms with van der Waals surface area (Å²) in [5.74, 6) is 0.388. The number of carbonyl (C=O) groups excluding carboxylic acids is 1. The number of aromatic nitrogens is 2. The maximum absolute atomic E-state index is 11.7. The molecule has 0 amide bonds. The largest absolute Gasteiger partial charge is 0.296 e. The van der Waals surface area contributed by atoms with E-state index in [0.29, 0.717) is 18.2 Å². The van der Waals surface area contributed by atoms with Crippen LogP contribution in [0.25, 0.3) is 0 Å². The second-order valence-corrected chi connectivity index (χ2v) is 8.62. The summed E-state index contributed by atoms with van der Waals surface area (Å²) in [6.45, 7) is 6.94. The van der Waals surface area contributed by atoms with Gasteiger partial charge in [0.2, 0.25) is 0 Å². The molecular weight excluding hydrogens is 380 g/mol. The molecule has 2 aromatic rings. The van der Waals surface area contributed by atoms with E-state index in [1.807, 2.05) is 13.0 Å². The standard InChI is InChI=1S/C25H31ClN2O/c1-4-22(26)14-11-19(3)16-28-25-21(15-20-12-9-18(2)10-13-20)7-5-6-8-23(25)24(17-29)27-28/h9-14,17,21H,4-8,15-16H2,1-3H3/b19-11+,22-14+. The summed E-state index contributed by atoms with van der Waals surface area (Å²) in [4.78, 5) is 11.7. The Kier molecular flexibility index (Phi) is 7.49. The van der Waals surface area contributed by atoms with Crippen molar-refractivity contribution in [1.82, 2.24) is 9.78 Å². The van der Waals surface area contributed by atoms with Crippen LogP contribution in [-0.2, 0) is 19.4 Å². The molecule has 1 aliphatic rings. The lowest BCUT2D eigenvalue weighted by atomic mass is 9.90. The van der Waals surface area contributed by atoms with Crippen LogP contribution in [0, 0.1) is 6.92 Å². The Morgan fingerprint density at radius 1 is 1.24 bits per heavy atom. The summed E-state index contributed by atoms with van der Waals surface area (Å²) >= 11 is 6.15. The zero-order valence-electron chi connectivity index (χ0n) is 17.7. The Bertz CT molecular complexity index is 906. The van der Waals surface area contributed by atoms with Crippen LogP contribution in [0.2, 0.25) is 0 Å². The lowest BCUT2D eigenvalue weighted by molar-refractivity contribution is 0.111. The number of hydrogen-bond donors (Lipinski definition) is 0. The zero-order valence-corrected chi connectivity index (χ0v) is 18.5. The van der Waals surface area contributed by atoms with Gasteiger partial charge in [-0.15, -0.1) is 0 Å². The highest BCUT2D eigenvalue weighted by atomic mass is 35.5. The molecule has 1 aromatic carbocycles. The average Bonchev–Trinajstić information content (AvgIpc) is 2.92. The molecule has 3 nitrogen and oxygen atoms in total. The number of aldehydes is 1. The molecule has 1 heterocycles. The predicted molar refractivity (Wildman–Crippen MR) is 121 cm³/mol. The van der Waals surface area contributed by atoms with Crippen LogP contribution in [0.3, 0.4) is 0 Å². The highest BCUT2D eigenvalue weighted by molar-refractivity contribution is 6.29. The summed E-state index contributed by atoms with van der Waals surface area (Å²) in [6, 6.07) is 8.81. The number of carbonyl (C=O) groups is 1. The van der Waals surface area contributed by atoms with Crippen molar-refractivity contribution < 1.29 is 4.79 Å². The van der Waals surface area contributed by atoms with Gasteiger partial charge in [0.25, 0.3) is 0 Å². The van der Waals surface area contributed by atoms with Gasteiger partial charge >= 0.3 is 0 Å². The van der Waals surface area contributed by atoms with Crippen molar-refractivity contribution in [1.29, 1.82) is 0 Å². The van der Waals surface area contributed by atoms with Gasteiger partial charge in [0.1, 0.15) is 5.69 Å². The Morgan fingerprint density at radius 3 is 2.69 bits per heavy atom. The Balaban J connectivity index is 1.95. The van der Waals surface area contributed by atoms with Gasteiger partial charge in [0.05, 0.1) is 6.54 Å². The van der Waals surface area contributed by atoms with E-state index in [1.165, 1.54) is 28.8 Å². The highest BCUT2D eigenvalue weighted by Crippen LogP contribution is 2.35. The quantitative estimate of drug-likeness (QED) is 0.295. The van der Waals surface area contributed by atoms with Gasteiger partial charge in [-0.1, -0.05) is 66.4 Å². The van der Waals surface area contributed by atoms with Crippen LogP contribution < -0.4 is 0 Å². The molecule has 154 valence electrons. The number of halogens is 1. The van der Waals surface area contributed by atoms with Crippen LogP contribution in [0.5, 0.6) is 0 Å². The minimum absolute atomic E-state index is 0.388. The molecule has 1 aliphatic carbocycles. The monoisotopic (exact) mass is 410 g/mol. The first-order valence-electron chi connectivity index (χ1n) is 10.6. The van der Waals surface area contributed by atoms with Gasteiger partial charge in [-0.3, -0.25) is 9.48 Å². The van der Waals surface area contributed by atoms with Crippen LogP contribution in [0.15, 0.2) is 47.0 Å². The molecule has 3 rings (SSSR count). The molecule has 1 unspecified atom stereocenters. The summed E-state index contributed by atoms with van der Waals surface area (Å²) < 4.78 is 2.07. The zero-order chi connectivity index (χ0) is 20.8. The fourth-order valence-electron chi connectivity index (χ4n) is 4.14. The summed E-state index contributed by atoms with van der Waals surface area (Å²) in [5, 5.41) is 5.54. The fourth-order valence-corrected chi connectivity index (χ4v) is 4.20. The molecule has 0 aliphatic heterocycles. The molecular formula is C25H31ClN2O. The summed E-state index contributed by atoms with van der Waals surface area (Å²) in [5.41, 5.74) is 6.83. The van der Waals surface area contributed by atoms with Crippen molar-refractivity contribution in [3.05, 3.63) is 75.1 Å². The lowest BCUT2D eigenvalue weighted by Crippen LogP contribution is -2.13. The van der Waals surface area contributed by atoms with Crippen molar-refractivity contribution in [2.24, 2.45) is 0 Å². The summed E-state index contributed by atoms with van der Waals surface area (Å²) in [6.07, 6.45) is 11.2. The molecule has 0 spiro atoms. The number of fused-ring (bicyclic) bond motifs is 1. The predicted octanol–water partition coefficient (Wildman–Crippen LogP) is 6.54. The number of aryl methyl sites for hydroxylation is 1. The maximum atomic E-state index is 11.7. The molecule has 0 saturated heterocycles. The van der Waals surface area contributed by atoms with Crippen molar-refractivity contribution in [2.75, 3.05) is 0 Å². The van der Waals surface area contributed by atoms with E-state index < -0.39 is 0 Å². The van der Waals surface area contributed by atoms with Gasteiger partial charge in [-0.2, -0.15) is 5.10 Å². The number of rotatable bonds is 7. The Hall–Kier alpha value is -2.13. The number of benzene rings is 1. The van der Waals surface area contributed by atoms with E-state index in [1.54, 1.807) is 0 Å². The first-order chi connectivity index (χ1) is 14.0. The van der Waals surface area contributed by atoms with Crippen molar-refractivity contribution in [2.45, 2.75) is 71.8 Å². The van der Waals surface area contributed by atoms with Gasteiger partial charge in [-0.25, -0.2) is 0 Å². The Morgan fingerprint density at radius 2 is 2.00 bits per heavy atom. The van der Waals surface area contributed by atoms with Crippen LogP contribution >= 0.6 is 11.6 Å². The van der Waals surface area contributed by atoms with Gasteiger partial charge in [0.15, 0.2) is 6.29 Å². The summed E-state index contributed by atoms with van der Waals surface area (Å²) in [7, 11) is 0. The first kappa shape index (κ1) is 21.6. The van der Waals surface area contributed by atoms with Crippen molar-refractivity contribution in [3.63, 3.8) is 0 Å². The smallest absolute Gasteiger partial charge is 0.170 e. The molecule has 29 heavy (non-hydrogen) atoms. The van der Waals surface area contributed by atoms with E-state index in [-0.39, 0.29) is 0 Å². The first-order valence-corrected chi connectivity index (χ1v) is 11.0. The van der Waals surface area contributed by atoms with E-state index in [0.717, 1.165) is 49.0 Å². The van der Waals surface area contributed by atoms with Crippen molar-refractivity contribution >= 4 is 17.9 Å². The lowest BCUT2D eigenvalue weighted by Gasteiger charge is -2.19. The molecule has 0 fully saturated rings. The third-order valence-corrected chi connectivity index (χ3v) is 6.13. The van der Waals surface area contributed by atoms with E-state index in [9.17, 15) is 4.79 Å². The average molecular weight is 411 g/mol. The van der Waals surface area contributed by atoms with E-state index >= 15 is 0 Å². The molecule has 0 N–H and O–H groups in total. The number of allylic oxidation sites excluding steroid dienone is 4. The minimum atomic E-state index is 0.388. The SMILES string of the molecule is CC/C(Cl)=C\C=C(/C)Cn1nc(C=O)c2c1C(Cc1ccc(C)cc1)CCCC2. The van der Waals surface area contributed by atoms with E-state index in [2.05, 4.69) is 48.9 Å². The van der Waals surface area contributed by atoms with Gasteiger partial charge in [0, 0.05) is 22.2 Å². The third-order valence-electron chi connectivity index (χ3n) is 5.74. The fraction of sp³-hybridized carbons (Fsp3) is 0.440. The second-order valence-electron chi connectivity index (χ2n) is 8.14. The molecule has 0 radical (unpaired) electrons. The molecule has 1 aromatic heterocycles. The molecule has 0 bridgehead atoms.